The number of hydrogen-bond donors (Lipinski definition) is 0. The molecule has 7 rings (SSSR count). The second-order valence-electron chi connectivity index (χ2n) is 10.8. The number of hydrogen-bond acceptors (Lipinski definition) is 4. The fourth-order valence-corrected chi connectivity index (χ4v) is 8.48. The molecule has 7 aromatic rings. The Hall–Kier alpha value is -5.97. The van der Waals surface area contributed by atoms with Gasteiger partial charge in [-0.3, -0.25) is 23.8 Å². The zero-order chi connectivity index (χ0) is 31.9. The molecule has 6 nitrogen and oxygen atoms in total. The minimum atomic E-state index is -3.96. The maximum Gasteiger partial charge on any atom is 0.321 e. The molecule has 0 radical (unpaired) electrons. The van der Waals surface area contributed by atoms with Crippen molar-refractivity contribution in [2.75, 3.05) is 14.2 Å². The number of anilines is 7. The van der Waals surface area contributed by atoms with E-state index < -0.39 is 7.44 Å². The largest absolute Gasteiger partial charge is 0.321 e. The first-order valence-corrected chi connectivity index (χ1v) is 17.0. The van der Waals surface area contributed by atoms with Gasteiger partial charge in [0.15, 0.2) is 11.3 Å². The lowest BCUT2D eigenvalue weighted by Crippen LogP contribution is -2.35. The molecule has 0 aliphatic rings. The fourth-order valence-electron chi connectivity index (χ4n) is 5.66. The van der Waals surface area contributed by atoms with Gasteiger partial charge in [0, 0.05) is 34.1 Å². The van der Waals surface area contributed by atoms with Crippen LogP contribution in [-0.4, -0.2) is 9.97 Å². The maximum atomic E-state index is 16.8. The van der Waals surface area contributed by atoms with E-state index in [-0.39, 0.29) is 0 Å². The van der Waals surface area contributed by atoms with Crippen molar-refractivity contribution in [1.82, 2.24) is 9.97 Å². The summed E-state index contributed by atoms with van der Waals surface area (Å²) in [5, 5.41) is 0. The highest BCUT2D eigenvalue weighted by Crippen LogP contribution is 2.62. The smallest absolute Gasteiger partial charge is 0.294 e. The van der Waals surface area contributed by atoms with Crippen LogP contribution in [-0.2, 0) is 4.57 Å². The molecule has 0 bridgehead atoms. The zero-order valence-corrected chi connectivity index (χ0v) is 26.5. The summed E-state index contributed by atoms with van der Waals surface area (Å²) in [4.78, 5) is 12.0. The van der Waals surface area contributed by atoms with Gasteiger partial charge >= 0.3 is 7.44 Å². The molecule has 0 saturated carbocycles. The van der Waals surface area contributed by atoms with Crippen LogP contribution in [0.25, 0.3) is 0 Å². The van der Waals surface area contributed by atoms with Crippen molar-refractivity contribution < 1.29 is 4.57 Å². The lowest BCUT2D eigenvalue weighted by atomic mass is 10.2. The van der Waals surface area contributed by atoms with E-state index >= 15 is 4.57 Å². The highest BCUT2D eigenvalue weighted by molar-refractivity contribution is 7.75. The Morgan fingerprint density at radius 2 is 0.681 bits per heavy atom. The number of para-hydroxylation sites is 6. The van der Waals surface area contributed by atoms with Crippen molar-refractivity contribution in [2.24, 2.45) is 0 Å². The van der Waals surface area contributed by atoms with E-state index in [9.17, 15) is 0 Å². The molecular weight excluding hydrogens is 597 g/mol. The van der Waals surface area contributed by atoms with Crippen LogP contribution < -0.4 is 19.7 Å². The first-order valence-electron chi connectivity index (χ1n) is 15.4. The molecule has 0 N–H and O–H groups in total. The molecule has 47 heavy (non-hydrogen) atoms. The maximum absolute atomic E-state index is 16.8. The van der Waals surface area contributed by atoms with Crippen LogP contribution in [0.5, 0.6) is 0 Å². The van der Waals surface area contributed by atoms with Gasteiger partial charge in [0.05, 0.1) is 12.4 Å². The van der Waals surface area contributed by atoms with Crippen molar-refractivity contribution in [3.05, 3.63) is 194 Å². The van der Waals surface area contributed by atoms with Gasteiger partial charge < -0.3 is 0 Å². The third-order valence-corrected chi connectivity index (χ3v) is 10.5. The van der Waals surface area contributed by atoms with Gasteiger partial charge in [0.25, 0.3) is 0 Å². The van der Waals surface area contributed by atoms with E-state index in [1.165, 1.54) is 0 Å². The van der Waals surface area contributed by atoms with Gasteiger partial charge in [-0.05, 0) is 72.8 Å². The van der Waals surface area contributed by atoms with E-state index in [4.69, 9.17) is 9.97 Å². The van der Waals surface area contributed by atoms with Gasteiger partial charge in [-0.1, -0.05) is 109 Å². The summed E-state index contributed by atoms with van der Waals surface area (Å²) < 4.78 is 20.6. The Labute approximate surface area is 275 Å². The SMILES string of the molecule is O=P(c1cncc(N(c2ccccc2)c2ccccc2)n1)(N(c1ccccc1)c1ccccc1)N(c1ccccc1)c1ccccc1. The molecule has 6 aromatic carbocycles. The van der Waals surface area contributed by atoms with Crippen LogP contribution >= 0.6 is 7.44 Å². The molecule has 0 fully saturated rings. The van der Waals surface area contributed by atoms with Crippen molar-refractivity contribution in [2.45, 2.75) is 0 Å². The minimum Gasteiger partial charge on any atom is -0.294 e. The van der Waals surface area contributed by atoms with Crippen molar-refractivity contribution in [3.63, 3.8) is 0 Å². The number of benzene rings is 6. The zero-order valence-electron chi connectivity index (χ0n) is 25.6. The summed E-state index contributed by atoms with van der Waals surface area (Å²) in [5.74, 6) is 0.544. The summed E-state index contributed by atoms with van der Waals surface area (Å²) in [6.07, 6.45) is 3.36. The molecule has 0 amide bonds. The molecule has 0 aliphatic heterocycles. The summed E-state index contributed by atoms with van der Waals surface area (Å²) in [6.45, 7) is 0. The van der Waals surface area contributed by atoms with Crippen LogP contribution in [0.4, 0.5) is 39.9 Å². The molecule has 0 aliphatic carbocycles. The van der Waals surface area contributed by atoms with Crippen molar-refractivity contribution in [3.8, 4) is 0 Å². The van der Waals surface area contributed by atoms with E-state index in [0.29, 0.717) is 11.3 Å². The number of nitrogens with zero attached hydrogens (tertiary/aromatic N) is 5. The Bertz CT molecular complexity index is 1860. The van der Waals surface area contributed by atoms with E-state index in [2.05, 4.69) is 0 Å². The molecule has 7 heteroatoms. The molecule has 0 spiro atoms. The predicted octanol–water partition coefficient (Wildman–Crippen LogP) is 10.4. The molecule has 0 saturated heterocycles. The Balaban J connectivity index is 1.54. The van der Waals surface area contributed by atoms with Crippen LogP contribution in [0, 0.1) is 0 Å². The topological polar surface area (TPSA) is 52.6 Å². The van der Waals surface area contributed by atoms with Gasteiger partial charge in [0.2, 0.25) is 0 Å². The first-order chi connectivity index (χ1) is 23.2. The first kappa shape index (κ1) is 29.7. The van der Waals surface area contributed by atoms with E-state index in [1.807, 2.05) is 196 Å². The Morgan fingerprint density at radius 3 is 1.00 bits per heavy atom. The highest BCUT2D eigenvalue weighted by atomic mass is 31.2. The lowest BCUT2D eigenvalue weighted by Gasteiger charge is -2.41. The molecule has 1 heterocycles. The summed E-state index contributed by atoms with van der Waals surface area (Å²) >= 11 is 0. The number of rotatable bonds is 10. The standard InChI is InChI=1S/C40H32N5OP/c46-47(44(35-23-11-3-12-24-35)36-25-13-4-14-26-36,45(37-27-15-5-16-28-37)38-29-17-6-18-30-38)40-32-41-31-39(42-40)43(33-19-7-1-8-20-33)34-21-9-2-10-22-34/h1-32H. The van der Waals surface area contributed by atoms with Crippen molar-refractivity contribution in [1.29, 1.82) is 0 Å². The molecule has 0 unspecified atom stereocenters. The second kappa shape index (κ2) is 13.6. The van der Waals surface area contributed by atoms with Gasteiger partial charge in [-0.2, -0.15) is 0 Å². The second-order valence-corrected chi connectivity index (χ2v) is 13.1. The summed E-state index contributed by atoms with van der Waals surface area (Å²) in [5.41, 5.74) is 5.18. The van der Waals surface area contributed by atoms with E-state index in [1.54, 1.807) is 12.4 Å². The fraction of sp³-hybridized carbons (Fsp3) is 0. The Kier molecular flexibility index (Phi) is 8.58. The Morgan fingerprint density at radius 1 is 0.383 bits per heavy atom. The molecule has 228 valence electrons. The molecule has 1 aromatic heterocycles. The molecule has 0 atom stereocenters. The average Bonchev–Trinajstić information content (AvgIpc) is 3.15. The normalized spacial score (nSPS) is 11.1. The predicted molar refractivity (Wildman–Crippen MR) is 194 cm³/mol. The third kappa shape index (κ3) is 6.02. The third-order valence-electron chi connectivity index (χ3n) is 7.71. The number of aromatic nitrogens is 2. The summed E-state index contributed by atoms with van der Waals surface area (Å²) in [7, 11) is -3.96. The van der Waals surface area contributed by atoms with Crippen LogP contribution in [0.3, 0.4) is 0 Å². The van der Waals surface area contributed by atoms with Crippen LogP contribution in [0.15, 0.2) is 194 Å². The lowest BCUT2D eigenvalue weighted by molar-refractivity contribution is 0.580. The minimum absolute atomic E-state index is 0.326. The highest BCUT2D eigenvalue weighted by Gasteiger charge is 2.44. The van der Waals surface area contributed by atoms with Gasteiger partial charge in [-0.25, -0.2) is 4.98 Å². The van der Waals surface area contributed by atoms with Gasteiger partial charge in [-0.15, -0.1) is 0 Å². The summed E-state index contributed by atoms with van der Waals surface area (Å²) in [6, 6.07) is 59.4. The van der Waals surface area contributed by atoms with Crippen LogP contribution in [0.2, 0.25) is 0 Å². The average molecular weight is 630 g/mol. The molecular formula is C40H32N5OP. The quantitative estimate of drug-likeness (QED) is 0.140. The van der Waals surface area contributed by atoms with E-state index in [0.717, 1.165) is 34.1 Å². The van der Waals surface area contributed by atoms with Crippen LogP contribution in [0.1, 0.15) is 0 Å². The van der Waals surface area contributed by atoms with Gasteiger partial charge in [0.1, 0.15) is 0 Å². The monoisotopic (exact) mass is 629 g/mol. The van der Waals surface area contributed by atoms with Crippen molar-refractivity contribution >= 4 is 52.8 Å².